The fourth-order valence-electron chi connectivity index (χ4n) is 6.48. The van der Waals surface area contributed by atoms with Gasteiger partial charge in [0.1, 0.15) is 12.4 Å². The Hall–Kier alpha value is -3.46. The number of rotatable bonds is 5. The number of nitrogens with two attached hydrogens (primary N) is 2. The van der Waals surface area contributed by atoms with E-state index in [-0.39, 0.29) is 35.4 Å². The van der Waals surface area contributed by atoms with Crippen LogP contribution in [0.5, 0.6) is 0 Å². The number of hydrogen-bond donors (Lipinski definition) is 3. The van der Waals surface area contributed by atoms with E-state index in [1.165, 1.54) is 10.7 Å². The molecule has 0 aromatic carbocycles. The van der Waals surface area contributed by atoms with Crippen LogP contribution in [0.3, 0.4) is 0 Å². The maximum absolute atomic E-state index is 13.4. The van der Waals surface area contributed by atoms with Gasteiger partial charge in [-0.2, -0.15) is 36.0 Å². The number of nitrogens with zero attached hydrogens (tertiary/aromatic N) is 5. The first kappa shape index (κ1) is 27.7. The number of aromatic nitrogens is 4. The molecule has 0 spiro atoms. The Morgan fingerprint density at radius 2 is 1.61 bits per heavy atom. The topological polar surface area (TPSA) is 136 Å². The van der Waals surface area contributed by atoms with Crippen LogP contribution in [-0.4, -0.2) is 66.5 Å². The van der Waals surface area contributed by atoms with Gasteiger partial charge in [0.15, 0.2) is 5.65 Å². The number of aliphatic hydroxyl groups is 1. The molecule has 41 heavy (non-hydrogen) atoms. The van der Waals surface area contributed by atoms with Crippen molar-refractivity contribution >= 4 is 17.4 Å². The summed E-state index contributed by atoms with van der Waals surface area (Å²) in [5.74, 6) is 0.248. The Morgan fingerprint density at radius 3 is 2.12 bits per heavy atom. The minimum Gasteiger partial charge on any atom is -0.387 e. The van der Waals surface area contributed by atoms with Crippen molar-refractivity contribution in [3.05, 3.63) is 41.5 Å². The maximum Gasteiger partial charge on any atom is 0.421 e. The third-order valence-corrected chi connectivity index (χ3v) is 8.65. The number of carbonyl (C=O) groups is 1. The average molecular weight is 584 g/mol. The van der Waals surface area contributed by atoms with E-state index in [9.17, 15) is 36.2 Å². The predicted molar refractivity (Wildman–Crippen MR) is 133 cm³/mol. The van der Waals surface area contributed by atoms with E-state index in [0.717, 1.165) is 49.2 Å². The molecule has 3 aromatic heterocycles. The Balaban J connectivity index is 1.40. The van der Waals surface area contributed by atoms with Crippen LogP contribution < -0.4 is 11.5 Å². The zero-order chi connectivity index (χ0) is 29.5. The van der Waals surface area contributed by atoms with E-state index < -0.39 is 30.2 Å². The van der Waals surface area contributed by atoms with Gasteiger partial charge in [-0.25, -0.2) is 4.98 Å². The van der Waals surface area contributed by atoms with Gasteiger partial charge in [0.25, 0.3) is 5.54 Å². The lowest BCUT2D eigenvalue weighted by Crippen LogP contribution is -2.61. The number of aliphatic hydroxyl groups excluding tert-OH is 1. The largest absolute Gasteiger partial charge is 0.421 e. The smallest absolute Gasteiger partial charge is 0.387 e. The summed E-state index contributed by atoms with van der Waals surface area (Å²) in [5.41, 5.74) is 7.92. The molecule has 6 rings (SSSR count). The Labute approximate surface area is 229 Å². The minimum atomic E-state index is -5.83. The summed E-state index contributed by atoms with van der Waals surface area (Å²) < 4.78 is 82.0. The Kier molecular flexibility index (Phi) is 6.27. The van der Waals surface area contributed by atoms with Gasteiger partial charge in [0, 0.05) is 40.9 Å². The highest BCUT2D eigenvalue weighted by molar-refractivity contribution is 5.79. The molecule has 1 aliphatic carbocycles. The van der Waals surface area contributed by atoms with Crippen molar-refractivity contribution in [2.45, 2.75) is 80.3 Å². The number of fused-ring (bicyclic) bond motifs is 3. The Bertz CT molecular complexity index is 1470. The SMILES string of the molecule is Nc1c(C2CC2)c(C2C[C@H]3CC[C@@H](C2)N3C(=O)CO)nc2c(-c3ccc(C(N)(C(F)(F)F)C(F)(F)F)nc3)cnn12. The fraction of sp³-hybridized carbons (Fsp3) is 0.538. The quantitative estimate of drug-likeness (QED) is 0.389. The number of hydrogen-bond acceptors (Lipinski definition) is 7. The molecule has 1 amide bonds. The van der Waals surface area contributed by atoms with Crippen molar-refractivity contribution in [1.29, 1.82) is 0 Å². The average Bonchev–Trinajstić information content (AvgIpc) is 3.60. The molecule has 3 fully saturated rings. The Morgan fingerprint density at radius 1 is 0.976 bits per heavy atom. The van der Waals surface area contributed by atoms with Crippen LogP contribution in [0.1, 0.15) is 67.3 Å². The molecule has 5 heterocycles. The first-order chi connectivity index (χ1) is 19.3. The van der Waals surface area contributed by atoms with Crippen molar-refractivity contribution in [3.8, 4) is 11.1 Å². The van der Waals surface area contributed by atoms with Crippen LogP contribution >= 0.6 is 0 Å². The maximum atomic E-state index is 13.4. The molecular formula is C26H27F6N7O2. The van der Waals surface area contributed by atoms with Gasteiger partial charge >= 0.3 is 12.4 Å². The lowest BCUT2D eigenvalue weighted by Gasteiger charge is -2.39. The highest BCUT2D eigenvalue weighted by atomic mass is 19.4. The molecule has 2 saturated heterocycles. The number of halogens is 6. The zero-order valence-corrected chi connectivity index (χ0v) is 21.6. The van der Waals surface area contributed by atoms with Gasteiger partial charge < -0.3 is 21.5 Å². The normalized spacial score (nSPS) is 23.4. The zero-order valence-electron chi connectivity index (χ0n) is 21.6. The fourth-order valence-corrected chi connectivity index (χ4v) is 6.48. The molecule has 3 atom stereocenters. The summed E-state index contributed by atoms with van der Waals surface area (Å²) in [4.78, 5) is 22.5. The van der Waals surface area contributed by atoms with Crippen LogP contribution in [-0.2, 0) is 10.3 Å². The van der Waals surface area contributed by atoms with Crippen molar-refractivity contribution in [2.24, 2.45) is 5.73 Å². The van der Waals surface area contributed by atoms with Gasteiger partial charge in [-0.05, 0) is 50.5 Å². The number of piperidine rings is 1. The van der Waals surface area contributed by atoms with Gasteiger partial charge in [-0.1, -0.05) is 6.07 Å². The number of amides is 1. The molecule has 3 aromatic rings. The number of anilines is 1. The van der Waals surface area contributed by atoms with E-state index in [2.05, 4.69) is 10.1 Å². The summed E-state index contributed by atoms with van der Waals surface area (Å²) >= 11 is 0. The summed E-state index contributed by atoms with van der Waals surface area (Å²) in [5, 5.41) is 13.7. The molecule has 9 nitrogen and oxygen atoms in total. The minimum absolute atomic E-state index is 0.0298. The molecule has 1 saturated carbocycles. The van der Waals surface area contributed by atoms with E-state index >= 15 is 0 Å². The van der Waals surface area contributed by atoms with Crippen molar-refractivity contribution in [1.82, 2.24) is 24.5 Å². The molecule has 15 heteroatoms. The molecule has 2 aliphatic heterocycles. The number of carbonyl (C=O) groups excluding carboxylic acids is 1. The summed E-state index contributed by atoms with van der Waals surface area (Å²) in [7, 11) is 0. The highest BCUT2D eigenvalue weighted by Gasteiger charge is 2.70. The molecule has 2 bridgehead atoms. The monoisotopic (exact) mass is 583 g/mol. The lowest BCUT2D eigenvalue weighted by molar-refractivity contribution is -0.303. The van der Waals surface area contributed by atoms with Crippen LogP contribution in [0.25, 0.3) is 16.8 Å². The lowest BCUT2D eigenvalue weighted by atomic mass is 9.85. The van der Waals surface area contributed by atoms with Crippen LogP contribution in [0.4, 0.5) is 32.2 Å². The number of alkyl halides is 6. The number of pyridine rings is 1. The van der Waals surface area contributed by atoms with Crippen molar-refractivity contribution < 1.29 is 36.2 Å². The summed E-state index contributed by atoms with van der Waals surface area (Å²) in [6, 6.07) is 1.60. The van der Waals surface area contributed by atoms with E-state index in [0.29, 0.717) is 35.9 Å². The second-order valence-electron chi connectivity index (χ2n) is 11.1. The molecule has 5 N–H and O–H groups in total. The molecule has 3 aliphatic rings. The number of nitrogen functional groups attached to an aromatic ring is 1. The van der Waals surface area contributed by atoms with Crippen molar-refractivity contribution in [2.75, 3.05) is 12.3 Å². The van der Waals surface area contributed by atoms with Crippen molar-refractivity contribution in [3.63, 3.8) is 0 Å². The first-order valence-corrected chi connectivity index (χ1v) is 13.2. The third-order valence-electron chi connectivity index (χ3n) is 8.65. The summed E-state index contributed by atoms with van der Waals surface area (Å²) in [6.45, 7) is -0.550. The van der Waals surface area contributed by atoms with Crippen LogP contribution in [0.2, 0.25) is 0 Å². The van der Waals surface area contributed by atoms with Crippen LogP contribution in [0, 0.1) is 0 Å². The van der Waals surface area contributed by atoms with Gasteiger partial charge in [-0.15, -0.1) is 0 Å². The van der Waals surface area contributed by atoms with Gasteiger partial charge in [-0.3, -0.25) is 9.78 Å². The van der Waals surface area contributed by atoms with E-state index in [1.807, 2.05) is 0 Å². The second kappa shape index (κ2) is 9.28. The molecule has 1 unspecified atom stereocenters. The first-order valence-electron chi connectivity index (χ1n) is 13.2. The molecule has 220 valence electrons. The van der Waals surface area contributed by atoms with Gasteiger partial charge in [0.2, 0.25) is 5.91 Å². The van der Waals surface area contributed by atoms with E-state index in [1.54, 1.807) is 4.90 Å². The second-order valence-corrected chi connectivity index (χ2v) is 11.1. The third kappa shape index (κ3) is 4.23. The molecular weight excluding hydrogens is 556 g/mol. The molecule has 0 radical (unpaired) electrons. The van der Waals surface area contributed by atoms with Crippen LogP contribution in [0.15, 0.2) is 24.5 Å². The highest BCUT2D eigenvalue weighted by Crippen LogP contribution is 2.51. The predicted octanol–water partition coefficient (Wildman–Crippen LogP) is 3.76. The summed E-state index contributed by atoms with van der Waals surface area (Å²) in [6.07, 6.45) is -4.61. The standard InChI is InChI=1S/C26H27F6N7O2/c27-25(28,29)24(34,26(30,31)32)18-6-3-13(9-35-18)17-10-36-39-22(33)20(12-1-2-12)21(37-23(17)39)14-7-15-4-5-16(8-14)38(15)19(41)11-40/h3,6,9-10,12,14-16,40H,1-2,4-5,7-8,11,33-34H2/t14?,15-,16+. The van der Waals surface area contributed by atoms with E-state index in [4.69, 9.17) is 16.5 Å². The van der Waals surface area contributed by atoms with Gasteiger partial charge in [0.05, 0.1) is 17.6 Å².